The Bertz CT molecular complexity index is 1740. The van der Waals surface area contributed by atoms with Gasteiger partial charge in [-0.05, 0) is 67.6 Å². The lowest BCUT2D eigenvalue weighted by Crippen LogP contribution is -2.38. The van der Waals surface area contributed by atoms with Gasteiger partial charge in [-0.1, -0.05) is 12.1 Å². The largest absolute Gasteiger partial charge is 0.383 e. The summed E-state index contributed by atoms with van der Waals surface area (Å²) >= 11 is 0. The Labute approximate surface area is 237 Å². The molecule has 10 heteroatoms. The summed E-state index contributed by atoms with van der Waals surface area (Å²) in [7, 11) is 0. The average Bonchev–Trinajstić information content (AvgIpc) is 3.79. The molecule has 1 aliphatic heterocycles. The topological polar surface area (TPSA) is 134 Å². The number of imidazole rings is 1. The second kappa shape index (κ2) is 10.6. The van der Waals surface area contributed by atoms with E-state index < -0.39 is 0 Å². The standard InChI is InChI=1S/C31H30N10/c32-17-23-16-28(36-19-35-23)37-22-11-14-40(15-12-22)18-20-3-7-24(8-4-20)41-30(25-2-1-13-34-29(25)33)39-27-10-9-26(21-5-6-21)38-31(27)41/h1-4,7-10,13,16,19,21-22H,5-6,11-12,14-15,18H2,(H2,33,34)(H,35,36,37). The highest BCUT2D eigenvalue weighted by molar-refractivity contribution is 5.83. The van der Waals surface area contributed by atoms with Crippen molar-refractivity contribution in [3.63, 3.8) is 0 Å². The van der Waals surface area contributed by atoms with E-state index in [9.17, 15) is 0 Å². The number of likely N-dealkylation sites (tertiary alicyclic amines) is 1. The second-order valence-electron chi connectivity index (χ2n) is 10.8. The van der Waals surface area contributed by atoms with Gasteiger partial charge in [0.1, 0.15) is 35.2 Å². The number of piperidine rings is 1. The van der Waals surface area contributed by atoms with Crippen molar-refractivity contribution < 1.29 is 0 Å². The van der Waals surface area contributed by atoms with Crippen LogP contribution in [0.2, 0.25) is 0 Å². The lowest BCUT2D eigenvalue weighted by Gasteiger charge is -2.32. The number of nitriles is 1. The zero-order valence-electron chi connectivity index (χ0n) is 22.6. The molecule has 204 valence electrons. The van der Waals surface area contributed by atoms with Crippen molar-refractivity contribution in [1.82, 2.24) is 34.4 Å². The summed E-state index contributed by atoms with van der Waals surface area (Å²) in [6, 6.07) is 20.8. The summed E-state index contributed by atoms with van der Waals surface area (Å²) in [5.74, 6) is 2.46. The molecular formula is C31H30N10. The molecule has 1 saturated carbocycles. The lowest BCUT2D eigenvalue weighted by molar-refractivity contribution is 0.211. The maximum absolute atomic E-state index is 9.08. The third-order valence-corrected chi connectivity index (χ3v) is 7.92. The molecule has 2 aliphatic rings. The molecule has 1 aliphatic carbocycles. The van der Waals surface area contributed by atoms with Crippen molar-refractivity contribution in [1.29, 1.82) is 5.26 Å². The number of hydrogen-bond acceptors (Lipinski definition) is 9. The van der Waals surface area contributed by atoms with Gasteiger partial charge in [0, 0.05) is 55.2 Å². The molecule has 0 amide bonds. The molecule has 3 N–H and O–H groups in total. The van der Waals surface area contributed by atoms with Crippen molar-refractivity contribution in [2.45, 2.75) is 44.2 Å². The zero-order chi connectivity index (χ0) is 27.8. The lowest BCUT2D eigenvalue weighted by atomic mass is 10.0. The van der Waals surface area contributed by atoms with E-state index in [0.717, 1.165) is 66.4 Å². The molecule has 1 aromatic carbocycles. The van der Waals surface area contributed by atoms with Gasteiger partial charge in [0.25, 0.3) is 0 Å². The number of nitrogens with two attached hydrogens (primary N) is 1. The fraction of sp³-hybridized carbons (Fsp3) is 0.290. The number of aromatic nitrogens is 6. The first-order valence-electron chi connectivity index (χ1n) is 14.1. The summed E-state index contributed by atoms with van der Waals surface area (Å²) in [4.78, 5) is 25.0. The van der Waals surface area contributed by atoms with Crippen LogP contribution in [0.5, 0.6) is 0 Å². The molecule has 0 atom stereocenters. The van der Waals surface area contributed by atoms with Crippen LogP contribution in [0.4, 0.5) is 11.6 Å². The molecule has 4 aromatic heterocycles. The number of fused-ring (bicyclic) bond motifs is 1. The minimum atomic E-state index is 0.330. The molecule has 0 spiro atoms. The third-order valence-electron chi connectivity index (χ3n) is 7.92. The molecule has 0 unspecified atom stereocenters. The van der Waals surface area contributed by atoms with Gasteiger partial charge >= 0.3 is 0 Å². The van der Waals surface area contributed by atoms with Crippen LogP contribution in [-0.4, -0.2) is 53.5 Å². The summed E-state index contributed by atoms with van der Waals surface area (Å²) < 4.78 is 2.11. The van der Waals surface area contributed by atoms with E-state index in [1.807, 2.05) is 12.1 Å². The maximum Gasteiger partial charge on any atom is 0.165 e. The van der Waals surface area contributed by atoms with Crippen LogP contribution in [0.3, 0.4) is 0 Å². The molecule has 5 aromatic rings. The summed E-state index contributed by atoms with van der Waals surface area (Å²) in [6.07, 6.45) is 7.54. The first-order chi connectivity index (χ1) is 20.1. The van der Waals surface area contributed by atoms with Gasteiger partial charge in [-0.25, -0.2) is 24.9 Å². The zero-order valence-corrected chi connectivity index (χ0v) is 22.6. The van der Waals surface area contributed by atoms with Gasteiger partial charge in [-0.15, -0.1) is 0 Å². The van der Waals surface area contributed by atoms with E-state index in [-0.39, 0.29) is 0 Å². The fourth-order valence-electron chi connectivity index (χ4n) is 5.56. The van der Waals surface area contributed by atoms with Crippen LogP contribution in [0, 0.1) is 11.3 Å². The highest BCUT2D eigenvalue weighted by Gasteiger charge is 2.27. The van der Waals surface area contributed by atoms with Crippen LogP contribution in [0.25, 0.3) is 28.2 Å². The quantitative estimate of drug-likeness (QED) is 0.300. The minimum absolute atomic E-state index is 0.330. The Kier molecular flexibility index (Phi) is 6.49. The van der Waals surface area contributed by atoms with Crippen molar-refractivity contribution in [3.05, 3.63) is 84.1 Å². The molecule has 7 rings (SSSR count). The molecule has 0 radical (unpaired) electrons. The number of pyridine rings is 2. The highest BCUT2D eigenvalue weighted by Crippen LogP contribution is 2.40. The van der Waals surface area contributed by atoms with E-state index >= 15 is 0 Å². The van der Waals surface area contributed by atoms with Crippen molar-refractivity contribution >= 4 is 22.8 Å². The van der Waals surface area contributed by atoms with Crippen molar-refractivity contribution in [2.24, 2.45) is 0 Å². The Morgan fingerprint density at radius 1 is 0.951 bits per heavy atom. The number of rotatable bonds is 7. The summed E-state index contributed by atoms with van der Waals surface area (Å²) in [5.41, 5.74) is 12.5. The van der Waals surface area contributed by atoms with E-state index in [1.165, 1.54) is 24.7 Å². The van der Waals surface area contributed by atoms with E-state index in [2.05, 4.69) is 72.2 Å². The predicted molar refractivity (Wildman–Crippen MR) is 157 cm³/mol. The molecular weight excluding hydrogens is 512 g/mol. The van der Waals surface area contributed by atoms with Crippen LogP contribution >= 0.6 is 0 Å². The van der Waals surface area contributed by atoms with Gasteiger partial charge in [0.2, 0.25) is 0 Å². The Hall–Kier alpha value is -4.88. The molecule has 0 bridgehead atoms. The fourth-order valence-corrected chi connectivity index (χ4v) is 5.56. The number of benzene rings is 1. The van der Waals surface area contributed by atoms with E-state index in [1.54, 1.807) is 12.3 Å². The number of hydrogen-bond donors (Lipinski definition) is 2. The maximum atomic E-state index is 9.08. The SMILES string of the molecule is N#Cc1cc(NC2CCN(Cc3ccc(-n4c(-c5cccnc5N)nc5ccc(C6CC6)nc54)cc3)CC2)ncn1. The first-order valence-corrected chi connectivity index (χ1v) is 14.1. The highest BCUT2D eigenvalue weighted by atomic mass is 15.2. The number of nitrogens with one attached hydrogen (secondary N) is 1. The van der Waals surface area contributed by atoms with Gasteiger partial charge < -0.3 is 11.1 Å². The molecule has 5 heterocycles. The summed E-state index contributed by atoms with van der Waals surface area (Å²) in [5, 5.41) is 12.5. The molecule has 41 heavy (non-hydrogen) atoms. The average molecular weight is 543 g/mol. The number of anilines is 2. The van der Waals surface area contributed by atoms with E-state index in [0.29, 0.717) is 29.3 Å². The first kappa shape index (κ1) is 25.1. The van der Waals surface area contributed by atoms with Crippen LogP contribution in [0.1, 0.15) is 48.6 Å². The molecule has 1 saturated heterocycles. The summed E-state index contributed by atoms with van der Waals surface area (Å²) in [6.45, 7) is 2.86. The molecule has 2 fully saturated rings. The van der Waals surface area contributed by atoms with Gasteiger partial charge in [-0.3, -0.25) is 9.47 Å². The van der Waals surface area contributed by atoms with Gasteiger partial charge in [0.15, 0.2) is 11.5 Å². The van der Waals surface area contributed by atoms with Crippen LogP contribution < -0.4 is 11.1 Å². The Morgan fingerprint density at radius 3 is 2.54 bits per heavy atom. The predicted octanol–water partition coefficient (Wildman–Crippen LogP) is 4.68. The number of nitrogen functional groups attached to an aromatic ring is 1. The van der Waals surface area contributed by atoms with E-state index in [4.69, 9.17) is 21.0 Å². The number of nitrogens with zero attached hydrogens (tertiary/aromatic N) is 8. The Balaban J connectivity index is 1.09. The second-order valence-corrected chi connectivity index (χ2v) is 10.8. The van der Waals surface area contributed by atoms with Gasteiger partial charge in [-0.2, -0.15) is 5.26 Å². The molecule has 10 nitrogen and oxygen atoms in total. The van der Waals surface area contributed by atoms with Crippen LogP contribution in [-0.2, 0) is 6.54 Å². The normalized spacial score (nSPS) is 16.1. The monoisotopic (exact) mass is 542 g/mol. The van der Waals surface area contributed by atoms with Crippen molar-refractivity contribution in [3.8, 4) is 23.1 Å². The van der Waals surface area contributed by atoms with Crippen LogP contribution in [0.15, 0.2) is 67.1 Å². The third kappa shape index (κ3) is 5.19. The Morgan fingerprint density at radius 2 is 1.78 bits per heavy atom. The minimum Gasteiger partial charge on any atom is -0.383 e. The van der Waals surface area contributed by atoms with Gasteiger partial charge in [0.05, 0.1) is 5.56 Å². The smallest absolute Gasteiger partial charge is 0.165 e. The van der Waals surface area contributed by atoms with Crippen molar-refractivity contribution in [2.75, 3.05) is 24.1 Å².